The Morgan fingerprint density at radius 3 is 2.68 bits per heavy atom. The number of rotatable bonds is 1. The van der Waals surface area contributed by atoms with Crippen molar-refractivity contribution in [2.24, 2.45) is 0 Å². The predicted octanol–water partition coefficient (Wildman–Crippen LogP) is 3.21. The van der Waals surface area contributed by atoms with Gasteiger partial charge in [0.05, 0.1) is 5.52 Å². The molecule has 0 saturated carbocycles. The third kappa shape index (κ3) is 2.95. The first kappa shape index (κ1) is 14.0. The Bertz CT molecular complexity index is 628. The van der Waals surface area contributed by atoms with Crippen LogP contribution in [0.1, 0.15) is 26.3 Å². The van der Waals surface area contributed by atoms with Crippen molar-refractivity contribution in [3.8, 4) is 0 Å². The van der Waals surface area contributed by atoms with Crippen LogP contribution in [0, 0.1) is 0 Å². The molecule has 0 radical (unpaired) electrons. The lowest BCUT2D eigenvalue weighted by Gasteiger charge is -2.19. The molecule has 0 amide bonds. The molecule has 19 heavy (non-hydrogen) atoms. The van der Waals surface area contributed by atoms with Gasteiger partial charge in [0.25, 0.3) is 0 Å². The van der Waals surface area contributed by atoms with Gasteiger partial charge in [0, 0.05) is 16.6 Å². The lowest BCUT2D eigenvalue weighted by Crippen LogP contribution is -2.26. The van der Waals surface area contributed by atoms with Crippen LogP contribution >= 0.6 is 11.6 Å². The molecule has 1 heterocycles. The van der Waals surface area contributed by atoms with E-state index in [9.17, 15) is 4.79 Å². The fourth-order valence-electron chi connectivity index (χ4n) is 2.01. The van der Waals surface area contributed by atoms with Crippen LogP contribution in [0.5, 0.6) is 0 Å². The first-order valence-electron chi connectivity index (χ1n) is 6.34. The second kappa shape index (κ2) is 4.93. The van der Waals surface area contributed by atoms with Gasteiger partial charge >= 0.3 is 6.09 Å². The van der Waals surface area contributed by atoms with E-state index >= 15 is 0 Å². The van der Waals surface area contributed by atoms with Crippen LogP contribution in [-0.4, -0.2) is 24.1 Å². The van der Waals surface area contributed by atoms with E-state index in [1.54, 1.807) is 6.07 Å². The summed E-state index contributed by atoms with van der Waals surface area (Å²) in [5.41, 5.74) is 1.38. The minimum atomic E-state index is -0.515. The molecule has 100 valence electrons. The molecule has 0 spiro atoms. The molecule has 0 saturated heterocycles. The van der Waals surface area contributed by atoms with Gasteiger partial charge in [0.15, 0.2) is 0 Å². The van der Waals surface area contributed by atoms with Gasteiger partial charge in [-0.15, -0.1) is 0 Å². The second-order valence-electron chi connectivity index (χ2n) is 5.52. The predicted molar refractivity (Wildman–Crippen MR) is 80.8 cm³/mol. The van der Waals surface area contributed by atoms with Crippen molar-refractivity contribution in [3.63, 3.8) is 0 Å². The maximum atomic E-state index is 12.2. The largest absolute Gasteiger partial charge is 0.443 e. The molecule has 0 bridgehead atoms. The van der Waals surface area contributed by atoms with Gasteiger partial charge in [-0.3, -0.25) is 4.57 Å². The van der Waals surface area contributed by atoms with Crippen LogP contribution in [0.25, 0.3) is 10.9 Å². The maximum Gasteiger partial charge on any atom is 0.419 e. The Balaban J connectivity index is 2.54. The van der Waals surface area contributed by atoms with Crippen LogP contribution in [0.4, 0.5) is 4.79 Å². The summed E-state index contributed by atoms with van der Waals surface area (Å²) in [7, 11) is 2.06. The molecular formula is C14H17BClNO2. The summed E-state index contributed by atoms with van der Waals surface area (Å²) in [6, 6.07) is 5.57. The molecule has 0 unspecified atom stereocenters. The monoisotopic (exact) mass is 277 g/mol. The summed E-state index contributed by atoms with van der Waals surface area (Å²) in [6.45, 7) is 5.55. The summed E-state index contributed by atoms with van der Waals surface area (Å²) < 4.78 is 6.94. The normalized spacial score (nSPS) is 11.8. The number of hydrogen-bond donors (Lipinski definition) is 0. The summed E-state index contributed by atoms with van der Waals surface area (Å²) in [5.74, 6) is 0. The van der Waals surface area contributed by atoms with Gasteiger partial charge in [-0.1, -0.05) is 24.0 Å². The van der Waals surface area contributed by atoms with Gasteiger partial charge in [0.1, 0.15) is 13.4 Å². The van der Waals surface area contributed by atoms with Crippen LogP contribution < -0.4 is 0 Å². The topological polar surface area (TPSA) is 31.2 Å². The Kier molecular flexibility index (Phi) is 3.63. The van der Waals surface area contributed by atoms with Crippen molar-refractivity contribution in [1.29, 1.82) is 0 Å². The number of benzene rings is 1. The van der Waals surface area contributed by atoms with E-state index in [0.29, 0.717) is 5.02 Å². The highest BCUT2D eigenvalue weighted by molar-refractivity contribution is 6.31. The minimum Gasteiger partial charge on any atom is -0.443 e. The Labute approximate surface area is 118 Å². The first-order chi connectivity index (χ1) is 8.81. The molecular weight excluding hydrogens is 260 g/mol. The van der Waals surface area contributed by atoms with E-state index in [0.717, 1.165) is 22.8 Å². The number of aromatic nitrogens is 1. The number of hydrogen-bond acceptors (Lipinski definition) is 2. The Hall–Kier alpha value is -1.42. The van der Waals surface area contributed by atoms with E-state index in [2.05, 4.69) is 7.85 Å². The summed E-state index contributed by atoms with van der Waals surface area (Å²) in [6.07, 6.45) is 2.31. The van der Waals surface area contributed by atoms with Crippen molar-refractivity contribution in [2.75, 3.05) is 0 Å². The molecule has 0 aliphatic rings. The lowest BCUT2D eigenvalue weighted by molar-refractivity contribution is 0.0544. The highest BCUT2D eigenvalue weighted by atomic mass is 35.5. The average Bonchev–Trinajstić information content (AvgIpc) is 2.64. The summed E-state index contributed by atoms with van der Waals surface area (Å²) in [4.78, 5) is 12.2. The molecule has 5 heteroatoms. The number of carbonyl (C=O) groups is 1. The van der Waals surface area contributed by atoms with Crippen molar-refractivity contribution < 1.29 is 9.53 Å². The molecule has 0 fully saturated rings. The molecule has 0 aliphatic carbocycles. The van der Waals surface area contributed by atoms with E-state index in [1.807, 2.05) is 39.1 Å². The SMILES string of the molecule is BCc1cn(C(=O)OC(C)(C)C)c2cc(Cl)ccc12. The van der Waals surface area contributed by atoms with E-state index in [1.165, 1.54) is 4.57 Å². The molecule has 2 aromatic rings. The molecule has 2 rings (SSSR count). The molecule has 0 N–H and O–H groups in total. The number of nitrogens with zero attached hydrogens (tertiary/aromatic N) is 1. The zero-order valence-electron chi connectivity index (χ0n) is 11.7. The number of ether oxygens (including phenoxy) is 1. The lowest BCUT2D eigenvalue weighted by atomic mass is 9.97. The van der Waals surface area contributed by atoms with E-state index in [-0.39, 0.29) is 6.09 Å². The third-order valence-corrected chi connectivity index (χ3v) is 3.06. The van der Waals surface area contributed by atoms with Crippen LogP contribution in [-0.2, 0) is 11.1 Å². The first-order valence-corrected chi connectivity index (χ1v) is 6.72. The molecule has 3 nitrogen and oxygen atoms in total. The van der Waals surface area contributed by atoms with E-state index in [4.69, 9.17) is 16.3 Å². The Morgan fingerprint density at radius 1 is 1.42 bits per heavy atom. The van der Waals surface area contributed by atoms with Gasteiger partial charge < -0.3 is 4.74 Å². The molecule has 0 atom stereocenters. The fraction of sp³-hybridized carbons (Fsp3) is 0.357. The quantitative estimate of drug-likeness (QED) is 0.750. The van der Waals surface area contributed by atoms with Crippen LogP contribution in [0.15, 0.2) is 24.4 Å². The molecule has 1 aromatic heterocycles. The van der Waals surface area contributed by atoms with Gasteiger partial charge in [-0.2, -0.15) is 0 Å². The molecule has 1 aromatic carbocycles. The number of carbonyl (C=O) groups excluding carboxylic acids is 1. The summed E-state index contributed by atoms with van der Waals surface area (Å²) >= 11 is 6.02. The third-order valence-electron chi connectivity index (χ3n) is 2.82. The van der Waals surface area contributed by atoms with Gasteiger partial charge in [-0.05, 0) is 38.5 Å². The molecule has 0 aliphatic heterocycles. The smallest absolute Gasteiger partial charge is 0.419 e. The van der Waals surface area contributed by atoms with Crippen molar-refractivity contribution in [2.45, 2.75) is 32.7 Å². The number of halogens is 1. The van der Waals surface area contributed by atoms with Gasteiger partial charge in [0.2, 0.25) is 0 Å². The number of fused-ring (bicyclic) bond motifs is 1. The van der Waals surface area contributed by atoms with Crippen LogP contribution in [0.2, 0.25) is 5.02 Å². The fourth-order valence-corrected chi connectivity index (χ4v) is 2.18. The average molecular weight is 278 g/mol. The van der Waals surface area contributed by atoms with E-state index < -0.39 is 5.60 Å². The maximum absolute atomic E-state index is 12.2. The zero-order valence-corrected chi connectivity index (χ0v) is 12.4. The highest BCUT2D eigenvalue weighted by Crippen LogP contribution is 2.25. The standard InChI is InChI=1S/C14H17BClNO2/c1-14(2,3)19-13(18)17-8-9(7-15)11-5-4-10(16)6-12(11)17/h4-6,8H,7,15H2,1-3H3. The summed E-state index contributed by atoms with van der Waals surface area (Å²) in [5, 5.41) is 1.65. The second-order valence-corrected chi connectivity index (χ2v) is 5.96. The Morgan fingerprint density at radius 2 is 2.11 bits per heavy atom. The van der Waals surface area contributed by atoms with Crippen LogP contribution in [0.3, 0.4) is 0 Å². The van der Waals surface area contributed by atoms with Crippen molar-refractivity contribution in [1.82, 2.24) is 4.57 Å². The zero-order chi connectivity index (χ0) is 14.2. The van der Waals surface area contributed by atoms with Crippen molar-refractivity contribution >= 4 is 36.4 Å². The van der Waals surface area contributed by atoms with Crippen molar-refractivity contribution in [3.05, 3.63) is 35.0 Å². The van der Waals surface area contributed by atoms with Gasteiger partial charge in [-0.25, -0.2) is 4.79 Å². The minimum absolute atomic E-state index is 0.375. The highest BCUT2D eigenvalue weighted by Gasteiger charge is 2.20.